The van der Waals surface area contributed by atoms with Crippen molar-refractivity contribution >= 4 is 5.97 Å². The summed E-state index contributed by atoms with van der Waals surface area (Å²) in [5.74, 6) is -0.958. The number of aliphatic carboxylic acids is 1. The number of hydrogen-bond acceptors (Lipinski definition) is 3. The second-order valence-electron chi connectivity index (χ2n) is 5.68. The molecule has 21 heavy (non-hydrogen) atoms. The zero-order valence-corrected chi connectivity index (χ0v) is 13.9. The molecule has 0 aromatic carbocycles. The predicted octanol–water partition coefficient (Wildman–Crippen LogP) is 4.76. The lowest BCUT2D eigenvalue weighted by atomic mass is 10.1. The van der Waals surface area contributed by atoms with Crippen molar-refractivity contribution in [3.63, 3.8) is 0 Å². The first-order chi connectivity index (χ1) is 10.2. The Morgan fingerprint density at radius 1 is 0.857 bits per heavy atom. The lowest BCUT2D eigenvalue weighted by Gasteiger charge is -2.12. The molecule has 0 radical (unpaired) electrons. The van der Waals surface area contributed by atoms with Gasteiger partial charge < -0.3 is 14.6 Å². The molecule has 1 unspecified atom stereocenters. The second-order valence-corrected chi connectivity index (χ2v) is 5.68. The average molecular weight is 302 g/mol. The topological polar surface area (TPSA) is 55.8 Å². The van der Waals surface area contributed by atoms with Gasteiger partial charge in [0.15, 0.2) is 6.29 Å². The van der Waals surface area contributed by atoms with Gasteiger partial charge in [0.05, 0.1) is 0 Å². The first-order valence-corrected chi connectivity index (χ1v) is 8.61. The van der Waals surface area contributed by atoms with E-state index < -0.39 is 12.3 Å². The van der Waals surface area contributed by atoms with E-state index in [0.717, 1.165) is 6.42 Å². The molecule has 0 bridgehead atoms. The largest absolute Gasteiger partial charge is 0.480 e. The molecule has 126 valence electrons. The number of carboxylic acids is 1. The summed E-state index contributed by atoms with van der Waals surface area (Å²) < 4.78 is 10.4. The normalized spacial score (nSPS) is 12.5. The summed E-state index contributed by atoms with van der Waals surface area (Å²) in [5, 5.41) is 8.45. The lowest BCUT2D eigenvalue weighted by molar-refractivity contribution is -0.163. The molecular weight excluding hydrogens is 268 g/mol. The van der Waals surface area contributed by atoms with Gasteiger partial charge in [-0.05, 0) is 13.3 Å². The Morgan fingerprint density at radius 3 is 1.81 bits per heavy atom. The Kier molecular flexibility index (Phi) is 15.3. The standard InChI is InChI=1S/C17H34O4/c1-3-4-5-6-7-8-9-10-11-12-13-14-20-16(2)21-15-17(18)19/h16H,3-15H2,1-2H3,(H,18,19). The first kappa shape index (κ1) is 20.4. The number of carbonyl (C=O) groups is 1. The van der Waals surface area contributed by atoms with E-state index in [1.54, 1.807) is 6.92 Å². The van der Waals surface area contributed by atoms with Crippen LogP contribution < -0.4 is 0 Å². The third kappa shape index (κ3) is 17.3. The van der Waals surface area contributed by atoms with Crippen molar-refractivity contribution in [1.82, 2.24) is 0 Å². The zero-order chi connectivity index (χ0) is 15.8. The molecule has 4 heteroatoms. The lowest BCUT2D eigenvalue weighted by Crippen LogP contribution is -2.18. The second kappa shape index (κ2) is 15.8. The van der Waals surface area contributed by atoms with Crippen LogP contribution in [0, 0.1) is 0 Å². The quantitative estimate of drug-likeness (QED) is 0.330. The molecule has 4 nitrogen and oxygen atoms in total. The van der Waals surface area contributed by atoms with Gasteiger partial charge in [0.1, 0.15) is 6.61 Å². The van der Waals surface area contributed by atoms with Gasteiger partial charge >= 0.3 is 5.97 Å². The van der Waals surface area contributed by atoms with Crippen molar-refractivity contribution in [2.24, 2.45) is 0 Å². The monoisotopic (exact) mass is 302 g/mol. The number of carboxylic acid groups (broad SMARTS) is 1. The van der Waals surface area contributed by atoms with Crippen molar-refractivity contribution in [3.8, 4) is 0 Å². The molecule has 0 aromatic rings. The van der Waals surface area contributed by atoms with Crippen molar-refractivity contribution in [3.05, 3.63) is 0 Å². The molecule has 0 aliphatic heterocycles. The van der Waals surface area contributed by atoms with Gasteiger partial charge in [-0.3, -0.25) is 0 Å². The molecule has 0 fully saturated rings. The van der Waals surface area contributed by atoms with Crippen LogP contribution in [0.3, 0.4) is 0 Å². The van der Waals surface area contributed by atoms with Gasteiger partial charge in [0, 0.05) is 6.61 Å². The number of ether oxygens (including phenoxy) is 2. The van der Waals surface area contributed by atoms with E-state index in [1.807, 2.05) is 0 Å². The van der Waals surface area contributed by atoms with Crippen LogP contribution in [-0.4, -0.2) is 30.6 Å². The Morgan fingerprint density at radius 2 is 1.33 bits per heavy atom. The highest BCUT2D eigenvalue weighted by molar-refractivity contribution is 5.67. The number of rotatable bonds is 16. The molecule has 0 rings (SSSR count). The maximum Gasteiger partial charge on any atom is 0.329 e. The predicted molar refractivity (Wildman–Crippen MR) is 85.5 cm³/mol. The van der Waals surface area contributed by atoms with E-state index >= 15 is 0 Å². The number of hydrogen-bond donors (Lipinski definition) is 1. The Bertz CT molecular complexity index is 231. The molecule has 1 atom stereocenters. The molecular formula is C17H34O4. The van der Waals surface area contributed by atoms with Gasteiger partial charge in [-0.1, -0.05) is 71.1 Å². The summed E-state index contributed by atoms with van der Waals surface area (Å²) in [6.45, 7) is 4.35. The summed E-state index contributed by atoms with van der Waals surface area (Å²) in [4.78, 5) is 10.3. The summed E-state index contributed by atoms with van der Waals surface area (Å²) in [7, 11) is 0. The molecule has 0 heterocycles. The van der Waals surface area contributed by atoms with Gasteiger partial charge in [-0.15, -0.1) is 0 Å². The summed E-state index contributed by atoms with van der Waals surface area (Å²) in [6, 6.07) is 0. The maximum absolute atomic E-state index is 10.3. The van der Waals surface area contributed by atoms with E-state index in [1.165, 1.54) is 64.2 Å². The van der Waals surface area contributed by atoms with Crippen LogP contribution in [0.2, 0.25) is 0 Å². The van der Waals surface area contributed by atoms with E-state index in [2.05, 4.69) is 6.92 Å². The van der Waals surface area contributed by atoms with Crippen LogP contribution in [-0.2, 0) is 14.3 Å². The molecule has 0 aromatic heterocycles. The summed E-state index contributed by atoms with van der Waals surface area (Å²) >= 11 is 0. The third-order valence-corrected chi connectivity index (χ3v) is 3.54. The fraction of sp³-hybridized carbons (Fsp3) is 0.941. The molecule has 0 aliphatic rings. The maximum atomic E-state index is 10.3. The molecule has 0 spiro atoms. The van der Waals surface area contributed by atoms with E-state index in [9.17, 15) is 4.79 Å². The van der Waals surface area contributed by atoms with Gasteiger partial charge in [0.2, 0.25) is 0 Å². The van der Waals surface area contributed by atoms with Crippen LogP contribution in [0.5, 0.6) is 0 Å². The molecule has 0 saturated heterocycles. The van der Waals surface area contributed by atoms with E-state index in [-0.39, 0.29) is 6.61 Å². The molecule has 1 N–H and O–H groups in total. The SMILES string of the molecule is CCCCCCCCCCCCCOC(C)OCC(=O)O. The fourth-order valence-corrected chi connectivity index (χ4v) is 2.25. The third-order valence-electron chi connectivity index (χ3n) is 3.54. The minimum absolute atomic E-state index is 0.292. The van der Waals surface area contributed by atoms with Crippen molar-refractivity contribution in [1.29, 1.82) is 0 Å². The first-order valence-electron chi connectivity index (χ1n) is 8.61. The highest BCUT2D eigenvalue weighted by Gasteiger charge is 2.04. The van der Waals surface area contributed by atoms with Crippen LogP contribution in [0.4, 0.5) is 0 Å². The van der Waals surface area contributed by atoms with Crippen LogP contribution in [0.15, 0.2) is 0 Å². The van der Waals surface area contributed by atoms with Crippen LogP contribution >= 0.6 is 0 Å². The van der Waals surface area contributed by atoms with Gasteiger partial charge in [-0.25, -0.2) is 4.79 Å². The summed E-state index contributed by atoms with van der Waals surface area (Å²) in [5.41, 5.74) is 0. The van der Waals surface area contributed by atoms with E-state index in [0.29, 0.717) is 6.61 Å². The van der Waals surface area contributed by atoms with Gasteiger partial charge in [0.25, 0.3) is 0 Å². The van der Waals surface area contributed by atoms with Gasteiger partial charge in [-0.2, -0.15) is 0 Å². The van der Waals surface area contributed by atoms with E-state index in [4.69, 9.17) is 14.6 Å². The minimum atomic E-state index is -0.958. The zero-order valence-electron chi connectivity index (χ0n) is 13.9. The molecule has 0 aliphatic carbocycles. The minimum Gasteiger partial charge on any atom is -0.480 e. The highest BCUT2D eigenvalue weighted by Crippen LogP contribution is 2.11. The van der Waals surface area contributed by atoms with Crippen molar-refractivity contribution < 1.29 is 19.4 Å². The Hall–Kier alpha value is -0.610. The van der Waals surface area contributed by atoms with Crippen molar-refractivity contribution in [2.75, 3.05) is 13.2 Å². The Balaban J connectivity index is 3.10. The molecule has 0 amide bonds. The van der Waals surface area contributed by atoms with Crippen LogP contribution in [0.1, 0.15) is 84.5 Å². The number of unbranched alkanes of at least 4 members (excludes halogenated alkanes) is 10. The summed E-state index contributed by atoms with van der Waals surface area (Å²) in [6.07, 6.45) is 14.0. The van der Waals surface area contributed by atoms with Crippen molar-refractivity contribution in [2.45, 2.75) is 90.8 Å². The molecule has 0 saturated carbocycles. The van der Waals surface area contributed by atoms with Crippen LogP contribution in [0.25, 0.3) is 0 Å². The smallest absolute Gasteiger partial charge is 0.329 e. The Labute approximate surface area is 130 Å². The highest BCUT2D eigenvalue weighted by atomic mass is 16.7. The fourth-order valence-electron chi connectivity index (χ4n) is 2.25. The average Bonchev–Trinajstić information content (AvgIpc) is 2.46.